The largest absolute Gasteiger partial charge is 0.496 e. The molecule has 22 heavy (non-hydrogen) atoms. The SMILES string of the molecule is COc1ccccc1CCN(C)C(=O)c1ccc(Cl)c(Cl)c1. The number of carbonyl (C=O) groups excluding carboxylic acids is 1. The fourth-order valence-corrected chi connectivity index (χ4v) is 2.45. The van der Waals surface area contributed by atoms with E-state index in [0.717, 1.165) is 11.3 Å². The highest BCUT2D eigenvalue weighted by Crippen LogP contribution is 2.23. The third-order valence-corrected chi connectivity index (χ3v) is 4.16. The van der Waals surface area contributed by atoms with Gasteiger partial charge in [0.1, 0.15) is 5.75 Å². The first kappa shape index (κ1) is 16.7. The van der Waals surface area contributed by atoms with Crippen LogP contribution in [-0.2, 0) is 6.42 Å². The molecule has 0 atom stereocenters. The van der Waals surface area contributed by atoms with Crippen molar-refractivity contribution in [2.24, 2.45) is 0 Å². The van der Waals surface area contributed by atoms with E-state index in [4.69, 9.17) is 27.9 Å². The summed E-state index contributed by atoms with van der Waals surface area (Å²) in [6, 6.07) is 12.7. The Bertz CT molecular complexity index is 673. The van der Waals surface area contributed by atoms with Gasteiger partial charge in [0.2, 0.25) is 0 Å². The number of likely N-dealkylation sites (N-methyl/N-ethyl adjacent to an activating group) is 1. The summed E-state index contributed by atoms with van der Waals surface area (Å²) in [5, 5.41) is 0.820. The molecule has 2 aromatic rings. The summed E-state index contributed by atoms with van der Waals surface area (Å²) in [6.45, 7) is 0.583. The Morgan fingerprint density at radius 1 is 1.14 bits per heavy atom. The highest BCUT2D eigenvalue weighted by molar-refractivity contribution is 6.42. The van der Waals surface area contributed by atoms with Crippen molar-refractivity contribution in [2.45, 2.75) is 6.42 Å². The van der Waals surface area contributed by atoms with Crippen molar-refractivity contribution >= 4 is 29.1 Å². The standard InChI is InChI=1S/C17H17Cl2NO2/c1-20(10-9-12-5-3-4-6-16(12)22-2)17(21)13-7-8-14(18)15(19)11-13/h3-8,11H,9-10H2,1-2H3. The summed E-state index contributed by atoms with van der Waals surface area (Å²) in [5.74, 6) is 0.742. The molecule has 0 aromatic heterocycles. The van der Waals surface area contributed by atoms with Gasteiger partial charge in [-0.1, -0.05) is 41.4 Å². The van der Waals surface area contributed by atoms with Crippen LogP contribution >= 0.6 is 23.2 Å². The summed E-state index contributed by atoms with van der Waals surface area (Å²) in [4.78, 5) is 14.0. The fraction of sp³-hybridized carbons (Fsp3) is 0.235. The predicted molar refractivity (Wildman–Crippen MR) is 90.1 cm³/mol. The van der Waals surface area contributed by atoms with Crippen molar-refractivity contribution < 1.29 is 9.53 Å². The van der Waals surface area contributed by atoms with Gasteiger partial charge in [0, 0.05) is 19.2 Å². The molecule has 5 heteroatoms. The van der Waals surface area contributed by atoms with E-state index in [1.165, 1.54) is 0 Å². The van der Waals surface area contributed by atoms with Crippen LogP contribution in [0.4, 0.5) is 0 Å². The van der Waals surface area contributed by atoms with E-state index in [1.807, 2.05) is 24.3 Å². The van der Waals surface area contributed by atoms with Gasteiger partial charge in [-0.3, -0.25) is 4.79 Å². The Morgan fingerprint density at radius 3 is 2.55 bits per heavy atom. The molecule has 0 saturated heterocycles. The first-order valence-electron chi connectivity index (χ1n) is 6.85. The number of para-hydroxylation sites is 1. The van der Waals surface area contributed by atoms with Gasteiger partial charge < -0.3 is 9.64 Å². The zero-order valence-corrected chi connectivity index (χ0v) is 14.0. The number of methoxy groups -OCH3 is 1. The third-order valence-electron chi connectivity index (χ3n) is 3.42. The predicted octanol–water partition coefficient (Wildman–Crippen LogP) is 4.32. The summed E-state index contributed by atoms with van der Waals surface area (Å²) in [7, 11) is 3.41. The van der Waals surface area contributed by atoms with Crippen molar-refractivity contribution in [2.75, 3.05) is 20.7 Å². The van der Waals surface area contributed by atoms with Crippen LogP contribution in [-0.4, -0.2) is 31.5 Å². The summed E-state index contributed by atoms with van der Waals surface area (Å²) in [6.07, 6.45) is 0.716. The van der Waals surface area contributed by atoms with E-state index in [-0.39, 0.29) is 5.91 Å². The molecule has 0 radical (unpaired) electrons. The van der Waals surface area contributed by atoms with Gasteiger partial charge in [0.25, 0.3) is 5.91 Å². The van der Waals surface area contributed by atoms with Gasteiger partial charge in [-0.2, -0.15) is 0 Å². The van der Waals surface area contributed by atoms with Crippen molar-refractivity contribution in [1.82, 2.24) is 4.90 Å². The number of hydrogen-bond donors (Lipinski definition) is 0. The van der Waals surface area contributed by atoms with Gasteiger partial charge in [0.05, 0.1) is 17.2 Å². The maximum Gasteiger partial charge on any atom is 0.253 e. The van der Waals surface area contributed by atoms with Gasteiger partial charge in [-0.15, -0.1) is 0 Å². The molecule has 0 aliphatic rings. The minimum Gasteiger partial charge on any atom is -0.496 e. The Labute approximate surface area is 140 Å². The molecular formula is C17H17Cl2NO2. The quantitative estimate of drug-likeness (QED) is 0.813. The van der Waals surface area contributed by atoms with Crippen molar-refractivity contribution in [3.63, 3.8) is 0 Å². The van der Waals surface area contributed by atoms with E-state index >= 15 is 0 Å². The Kier molecular flexibility index (Phi) is 5.69. The van der Waals surface area contributed by atoms with E-state index in [9.17, 15) is 4.79 Å². The second kappa shape index (κ2) is 7.52. The third kappa shape index (κ3) is 3.93. The molecule has 116 valence electrons. The highest BCUT2D eigenvalue weighted by atomic mass is 35.5. The molecule has 0 heterocycles. The van der Waals surface area contributed by atoms with Crippen molar-refractivity contribution in [1.29, 1.82) is 0 Å². The van der Waals surface area contributed by atoms with Crippen LogP contribution in [0.5, 0.6) is 5.75 Å². The molecule has 1 amide bonds. The molecule has 0 aliphatic heterocycles. The van der Waals surface area contributed by atoms with Crippen LogP contribution in [0.3, 0.4) is 0 Å². The van der Waals surface area contributed by atoms with E-state index < -0.39 is 0 Å². The molecule has 0 N–H and O–H groups in total. The first-order chi connectivity index (χ1) is 10.5. The lowest BCUT2D eigenvalue weighted by Gasteiger charge is -2.18. The number of carbonyl (C=O) groups is 1. The number of halogens is 2. The zero-order valence-electron chi connectivity index (χ0n) is 12.5. The molecule has 0 aliphatic carbocycles. The average Bonchev–Trinajstić information content (AvgIpc) is 2.54. The second-order valence-corrected chi connectivity index (χ2v) is 5.73. The number of ether oxygens (including phenoxy) is 1. The number of rotatable bonds is 5. The maximum atomic E-state index is 12.4. The van der Waals surface area contributed by atoms with Gasteiger partial charge in [0.15, 0.2) is 0 Å². The zero-order chi connectivity index (χ0) is 16.1. The maximum absolute atomic E-state index is 12.4. The number of amides is 1. The minimum atomic E-state index is -0.0894. The molecule has 0 saturated carbocycles. The number of benzene rings is 2. The number of nitrogens with zero attached hydrogens (tertiary/aromatic N) is 1. The molecule has 0 spiro atoms. The van der Waals surface area contributed by atoms with Gasteiger partial charge in [-0.05, 0) is 36.2 Å². The molecule has 0 bridgehead atoms. The summed E-state index contributed by atoms with van der Waals surface area (Å²) in [5.41, 5.74) is 1.59. The van der Waals surface area contributed by atoms with Crippen molar-refractivity contribution in [3.8, 4) is 5.75 Å². The van der Waals surface area contributed by atoms with Crippen LogP contribution in [0.1, 0.15) is 15.9 Å². The number of hydrogen-bond acceptors (Lipinski definition) is 2. The van der Waals surface area contributed by atoms with Crippen LogP contribution in [0, 0.1) is 0 Å². The Hall–Kier alpha value is -1.71. The molecular weight excluding hydrogens is 321 g/mol. The molecule has 3 nitrogen and oxygen atoms in total. The first-order valence-corrected chi connectivity index (χ1v) is 7.61. The van der Waals surface area contributed by atoms with Crippen LogP contribution in [0.25, 0.3) is 0 Å². The Balaban J connectivity index is 2.03. The lowest BCUT2D eigenvalue weighted by atomic mass is 10.1. The normalized spacial score (nSPS) is 10.4. The average molecular weight is 338 g/mol. The lowest BCUT2D eigenvalue weighted by molar-refractivity contribution is 0.0796. The smallest absolute Gasteiger partial charge is 0.253 e. The molecule has 2 aromatic carbocycles. The van der Waals surface area contributed by atoms with Crippen LogP contribution in [0.15, 0.2) is 42.5 Å². The van der Waals surface area contributed by atoms with E-state index in [0.29, 0.717) is 28.6 Å². The topological polar surface area (TPSA) is 29.5 Å². The molecule has 0 fully saturated rings. The van der Waals surface area contributed by atoms with Crippen molar-refractivity contribution in [3.05, 3.63) is 63.6 Å². The van der Waals surface area contributed by atoms with Gasteiger partial charge in [-0.25, -0.2) is 0 Å². The highest BCUT2D eigenvalue weighted by Gasteiger charge is 2.13. The van der Waals surface area contributed by atoms with Gasteiger partial charge >= 0.3 is 0 Å². The van der Waals surface area contributed by atoms with Crippen LogP contribution in [0.2, 0.25) is 10.0 Å². The lowest BCUT2D eigenvalue weighted by Crippen LogP contribution is -2.28. The van der Waals surface area contributed by atoms with E-state index in [2.05, 4.69) is 0 Å². The minimum absolute atomic E-state index is 0.0894. The van der Waals surface area contributed by atoms with Crippen LogP contribution < -0.4 is 4.74 Å². The second-order valence-electron chi connectivity index (χ2n) is 4.92. The Morgan fingerprint density at radius 2 is 1.86 bits per heavy atom. The fourth-order valence-electron chi connectivity index (χ4n) is 2.15. The summed E-state index contributed by atoms with van der Waals surface area (Å²) < 4.78 is 5.32. The molecule has 2 rings (SSSR count). The van der Waals surface area contributed by atoms with E-state index in [1.54, 1.807) is 37.3 Å². The molecule has 0 unspecified atom stereocenters. The summed E-state index contributed by atoms with van der Waals surface area (Å²) >= 11 is 11.8. The monoisotopic (exact) mass is 337 g/mol.